The number of tetrazole rings is 1. The summed E-state index contributed by atoms with van der Waals surface area (Å²) in [6, 6.07) is 20.7. The first-order valence-corrected chi connectivity index (χ1v) is 11.9. The maximum absolute atomic E-state index is 13.7. The van der Waals surface area contributed by atoms with Gasteiger partial charge in [-0.2, -0.15) is 0 Å². The standard InChI is InChI=1S/C27H28F2N6O/c1-36-25-5-3-2-4-22(25)19-33-14-16-34(17-15-33)26(21-8-12-24(29)13-9-21)27-30-31-32-35(27)18-20-6-10-23(28)11-7-20/h2-13,26H,14-19H2,1H3/t26-/m0/s1. The van der Waals surface area contributed by atoms with Crippen LogP contribution in [0.25, 0.3) is 0 Å². The van der Waals surface area contributed by atoms with E-state index < -0.39 is 0 Å². The Kier molecular flexibility index (Phi) is 7.29. The minimum absolute atomic E-state index is 0.241. The van der Waals surface area contributed by atoms with Crippen LogP contribution in [0.15, 0.2) is 72.8 Å². The minimum atomic E-state index is -0.287. The van der Waals surface area contributed by atoms with Gasteiger partial charge in [0.1, 0.15) is 17.4 Å². The zero-order chi connectivity index (χ0) is 24.9. The van der Waals surface area contributed by atoms with Crippen molar-refractivity contribution in [3.8, 4) is 5.75 Å². The van der Waals surface area contributed by atoms with Gasteiger partial charge in [-0.05, 0) is 51.9 Å². The van der Waals surface area contributed by atoms with Crippen molar-refractivity contribution in [2.45, 2.75) is 19.1 Å². The molecule has 1 aliphatic rings. The van der Waals surface area contributed by atoms with Gasteiger partial charge in [-0.1, -0.05) is 42.5 Å². The summed E-state index contributed by atoms with van der Waals surface area (Å²) < 4.78 is 34.4. The van der Waals surface area contributed by atoms with E-state index in [0.29, 0.717) is 12.4 Å². The van der Waals surface area contributed by atoms with E-state index in [1.54, 1.807) is 36.1 Å². The number of halogens is 2. The van der Waals surface area contributed by atoms with Gasteiger partial charge >= 0.3 is 0 Å². The van der Waals surface area contributed by atoms with E-state index in [2.05, 4.69) is 31.4 Å². The highest BCUT2D eigenvalue weighted by molar-refractivity contribution is 5.33. The molecule has 5 rings (SSSR count). The number of piperazine rings is 1. The van der Waals surface area contributed by atoms with E-state index in [1.165, 1.54) is 24.3 Å². The van der Waals surface area contributed by atoms with Crippen LogP contribution in [-0.2, 0) is 13.1 Å². The summed E-state index contributed by atoms with van der Waals surface area (Å²) in [6.45, 7) is 4.52. The lowest BCUT2D eigenvalue weighted by Crippen LogP contribution is -2.48. The van der Waals surface area contributed by atoms with Crippen molar-refractivity contribution in [1.82, 2.24) is 30.0 Å². The first-order valence-electron chi connectivity index (χ1n) is 11.9. The van der Waals surface area contributed by atoms with E-state index in [9.17, 15) is 8.78 Å². The van der Waals surface area contributed by atoms with Gasteiger partial charge < -0.3 is 4.74 Å². The smallest absolute Gasteiger partial charge is 0.173 e. The Labute approximate surface area is 208 Å². The van der Waals surface area contributed by atoms with Gasteiger partial charge in [0.15, 0.2) is 5.82 Å². The van der Waals surface area contributed by atoms with Crippen molar-refractivity contribution >= 4 is 0 Å². The van der Waals surface area contributed by atoms with Crippen molar-refractivity contribution in [1.29, 1.82) is 0 Å². The maximum atomic E-state index is 13.7. The first kappa shape index (κ1) is 24.0. The van der Waals surface area contributed by atoms with Crippen LogP contribution in [0, 0.1) is 11.6 Å². The number of para-hydroxylation sites is 1. The average molecular weight is 491 g/mol. The molecule has 0 aliphatic carbocycles. The third-order valence-electron chi connectivity index (χ3n) is 6.59. The lowest BCUT2D eigenvalue weighted by Gasteiger charge is -2.39. The molecule has 3 aromatic carbocycles. The van der Waals surface area contributed by atoms with E-state index in [-0.39, 0.29) is 17.7 Å². The molecular weight excluding hydrogens is 462 g/mol. The monoisotopic (exact) mass is 490 g/mol. The molecule has 1 saturated heterocycles. The Hall–Kier alpha value is -3.69. The fraction of sp³-hybridized carbons (Fsp3) is 0.296. The molecule has 0 spiro atoms. The fourth-order valence-corrected chi connectivity index (χ4v) is 4.71. The third kappa shape index (κ3) is 5.42. The van der Waals surface area contributed by atoms with Gasteiger partial charge in [-0.25, -0.2) is 13.5 Å². The van der Waals surface area contributed by atoms with Crippen molar-refractivity contribution in [3.05, 3.63) is 107 Å². The molecule has 2 heterocycles. The van der Waals surface area contributed by atoms with Crippen molar-refractivity contribution < 1.29 is 13.5 Å². The molecule has 0 unspecified atom stereocenters. The van der Waals surface area contributed by atoms with Gasteiger partial charge in [0.2, 0.25) is 0 Å². The number of ether oxygens (including phenoxy) is 1. The van der Waals surface area contributed by atoms with Crippen LogP contribution in [0.2, 0.25) is 0 Å². The van der Waals surface area contributed by atoms with Crippen LogP contribution < -0.4 is 4.74 Å². The van der Waals surface area contributed by atoms with Crippen LogP contribution in [0.3, 0.4) is 0 Å². The molecule has 0 radical (unpaired) electrons. The van der Waals surface area contributed by atoms with Gasteiger partial charge in [0, 0.05) is 38.3 Å². The van der Waals surface area contributed by atoms with Crippen LogP contribution in [0.1, 0.15) is 28.6 Å². The summed E-state index contributed by atoms with van der Waals surface area (Å²) in [4.78, 5) is 4.73. The number of benzene rings is 3. The van der Waals surface area contributed by atoms with Crippen LogP contribution in [-0.4, -0.2) is 63.3 Å². The molecule has 1 atom stereocenters. The highest BCUT2D eigenvalue weighted by Gasteiger charge is 2.31. The van der Waals surface area contributed by atoms with E-state index in [0.717, 1.165) is 55.2 Å². The summed E-state index contributed by atoms with van der Waals surface area (Å²) >= 11 is 0. The Morgan fingerprint density at radius 1 is 0.833 bits per heavy atom. The molecule has 0 bridgehead atoms. The molecule has 36 heavy (non-hydrogen) atoms. The predicted molar refractivity (Wildman–Crippen MR) is 131 cm³/mol. The Morgan fingerprint density at radius 3 is 2.19 bits per heavy atom. The Bertz CT molecular complexity index is 1270. The largest absolute Gasteiger partial charge is 0.496 e. The second-order valence-corrected chi connectivity index (χ2v) is 8.90. The molecule has 0 amide bonds. The minimum Gasteiger partial charge on any atom is -0.496 e. The number of rotatable bonds is 8. The molecule has 0 saturated carbocycles. The number of methoxy groups -OCH3 is 1. The molecule has 1 aromatic heterocycles. The van der Waals surface area contributed by atoms with Gasteiger partial charge in [-0.3, -0.25) is 9.80 Å². The highest BCUT2D eigenvalue weighted by atomic mass is 19.1. The quantitative estimate of drug-likeness (QED) is 0.373. The molecule has 1 fully saturated rings. The molecule has 0 N–H and O–H groups in total. The topological polar surface area (TPSA) is 59.3 Å². The lowest BCUT2D eigenvalue weighted by atomic mass is 10.0. The summed E-state index contributed by atoms with van der Waals surface area (Å²) in [5, 5.41) is 12.5. The normalized spacial score (nSPS) is 15.6. The number of hydrogen-bond acceptors (Lipinski definition) is 6. The highest BCUT2D eigenvalue weighted by Crippen LogP contribution is 2.29. The molecule has 9 heteroatoms. The molecular formula is C27H28F2N6O. The third-order valence-corrected chi connectivity index (χ3v) is 6.59. The number of aromatic nitrogens is 4. The first-order chi connectivity index (χ1) is 17.6. The number of nitrogens with zero attached hydrogens (tertiary/aromatic N) is 6. The lowest BCUT2D eigenvalue weighted by molar-refractivity contribution is 0.0997. The van der Waals surface area contributed by atoms with E-state index in [1.807, 2.05) is 18.2 Å². The van der Waals surface area contributed by atoms with Crippen LogP contribution >= 0.6 is 0 Å². The second kappa shape index (κ2) is 10.9. The average Bonchev–Trinajstić information content (AvgIpc) is 3.35. The van der Waals surface area contributed by atoms with Crippen LogP contribution in [0.5, 0.6) is 5.75 Å². The van der Waals surface area contributed by atoms with Crippen LogP contribution in [0.4, 0.5) is 8.78 Å². The predicted octanol–water partition coefficient (Wildman–Crippen LogP) is 3.92. The summed E-state index contributed by atoms with van der Waals surface area (Å²) in [7, 11) is 1.69. The number of hydrogen-bond donors (Lipinski definition) is 0. The zero-order valence-electron chi connectivity index (χ0n) is 20.1. The molecule has 4 aromatic rings. The van der Waals surface area contributed by atoms with Gasteiger partial charge in [-0.15, -0.1) is 5.10 Å². The van der Waals surface area contributed by atoms with Gasteiger partial charge in [0.25, 0.3) is 0 Å². The van der Waals surface area contributed by atoms with Crippen molar-refractivity contribution in [2.75, 3.05) is 33.3 Å². The summed E-state index contributed by atoms with van der Waals surface area (Å²) in [6.07, 6.45) is 0. The molecule has 186 valence electrons. The Balaban J connectivity index is 1.37. The van der Waals surface area contributed by atoms with Gasteiger partial charge in [0.05, 0.1) is 19.7 Å². The second-order valence-electron chi connectivity index (χ2n) is 8.90. The zero-order valence-corrected chi connectivity index (χ0v) is 20.1. The fourth-order valence-electron chi connectivity index (χ4n) is 4.71. The Morgan fingerprint density at radius 2 is 1.50 bits per heavy atom. The van der Waals surface area contributed by atoms with E-state index in [4.69, 9.17) is 4.74 Å². The maximum Gasteiger partial charge on any atom is 0.173 e. The molecule has 7 nitrogen and oxygen atoms in total. The SMILES string of the molecule is COc1ccccc1CN1CCN([C@@H](c2ccc(F)cc2)c2nnnn2Cc2ccc(F)cc2)CC1. The summed E-state index contributed by atoms with van der Waals surface area (Å²) in [5.74, 6) is 0.990. The van der Waals surface area contributed by atoms with Crippen molar-refractivity contribution in [2.24, 2.45) is 0 Å². The summed E-state index contributed by atoms with van der Waals surface area (Å²) in [5.41, 5.74) is 2.97. The molecule has 1 aliphatic heterocycles. The van der Waals surface area contributed by atoms with E-state index >= 15 is 0 Å². The van der Waals surface area contributed by atoms with Crippen molar-refractivity contribution in [3.63, 3.8) is 0 Å².